The van der Waals surface area contributed by atoms with Gasteiger partial charge < -0.3 is 15.2 Å². The molecule has 1 saturated heterocycles. The molecule has 1 unspecified atom stereocenters. The first-order valence-electron chi connectivity index (χ1n) is 8.03. The van der Waals surface area contributed by atoms with Gasteiger partial charge in [0.1, 0.15) is 5.82 Å². The Morgan fingerprint density at radius 1 is 1.40 bits per heavy atom. The Bertz CT molecular complexity index is 691. The first kappa shape index (κ1) is 19.8. The van der Waals surface area contributed by atoms with E-state index in [-0.39, 0.29) is 24.4 Å². The number of hydrogen-bond donors (Lipinski definition) is 2. The summed E-state index contributed by atoms with van der Waals surface area (Å²) in [6, 6.07) is 8.03. The topological polar surface area (TPSA) is 62.2 Å². The van der Waals surface area contributed by atoms with Gasteiger partial charge in [0.25, 0.3) is 0 Å². The SMILES string of the molecule is CSc1ccc(NC(=O)CN2CCNCC2c2nccn2C)cc1.Cl. The minimum absolute atomic E-state index is 0. The van der Waals surface area contributed by atoms with Gasteiger partial charge in [-0.25, -0.2) is 4.98 Å². The normalized spacial score (nSPS) is 17.8. The molecule has 1 aliphatic rings. The lowest BCUT2D eigenvalue weighted by Crippen LogP contribution is -2.49. The van der Waals surface area contributed by atoms with Crippen molar-refractivity contribution in [2.24, 2.45) is 7.05 Å². The van der Waals surface area contributed by atoms with Crippen LogP contribution in [0.5, 0.6) is 0 Å². The van der Waals surface area contributed by atoms with E-state index in [0.29, 0.717) is 6.54 Å². The van der Waals surface area contributed by atoms with E-state index < -0.39 is 0 Å². The number of thioether (sulfide) groups is 1. The highest BCUT2D eigenvalue weighted by atomic mass is 35.5. The molecule has 136 valence electrons. The van der Waals surface area contributed by atoms with Crippen molar-refractivity contribution < 1.29 is 4.79 Å². The monoisotopic (exact) mass is 381 g/mol. The molecule has 0 spiro atoms. The first-order chi connectivity index (χ1) is 11.7. The third-order valence-electron chi connectivity index (χ3n) is 4.23. The van der Waals surface area contributed by atoms with Crippen LogP contribution in [0.2, 0.25) is 0 Å². The van der Waals surface area contributed by atoms with Crippen LogP contribution in [0.4, 0.5) is 5.69 Å². The number of rotatable bonds is 5. The van der Waals surface area contributed by atoms with Crippen LogP contribution >= 0.6 is 24.2 Å². The molecule has 1 atom stereocenters. The largest absolute Gasteiger partial charge is 0.337 e. The van der Waals surface area contributed by atoms with Crippen molar-refractivity contribution in [1.29, 1.82) is 0 Å². The Kier molecular flexibility index (Phi) is 7.31. The third-order valence-corrected chi connectivity index (χ3v) is 4.97. The smallest absolute Gasteiger partial charge is 0.238 e. The number of piperazine rings is 1. The van der Waals surface area contributed by atoms with Gasteiger partial charge in [-0.2, -0.15) is 0 Å². The number of aryl methyl sites for hydroxylation is 1. The van der Waals surface area contributed by atoms with Crippen LogP contribution in [-0.4, -0.2) is 52.8 Å². The van der Waals surface area contributed by atoms with E-state index in [2.05, 4.69) is 20.5 Å². The molecule has 25 heavy (non-hydrogen) atoms. The summed E-state index contributed by atoms with van der Waals surface area (Å²) in [4.78, 5) is 20.2. The van der Waals surface area contributed by atoms with Gasteiger partial charge in [-0.05, 0) is 30.5 Å². The van der Waals surface area contributed by atoms with Crippen LogP contribution in [-0.2, 0) is 11.8 Å². The number of hydrogen-bond acceptors (Lipinski definition) is 5. The molecule has 2 heterocycles. The fourth-order valence-corrected chi connectivity index (χ4v) is 3.36. The summed E-state index contributed by atoms with van der Waals surface area (Å²) in [5, 5.41) is 6.37. The van der Waals surface area contributed by atoms with Crippen LogP contribution in [0.3, 0.4) is 0 Å². The van der Waals surface area contributed by atoms with Crippen LogP contribution in [0.15, 0.2) is 41.6 Å². The number of nitrogens with one attached hydrogen (secondary N) is 2. The average Bonchev–Trinajstić information content (AvgIpc) is 3.02. The molecule has 1 fully saturated rings. The molecule has 6 nitrogen and oxygen atoms in total. The zero-order chi connectivity index (χ0) is 16.9. The van der Waals surface area contributed by atoms with Crippen molar-refractivity contribution in [1.82, 2.24) is 19.8 Å². The van der Waals surface area contributed by atoms with Gasteiger partial charge >= 0.3 is 0 Å². The molecule has 0 saturated carbocycles. The Morgan fingerprint density at radius 3 is 2.80 bits per heavy atom. The minimum Gasteiger partial charge on any atom is -0.337 e. The lowest BCUT2D eigenvalue weighted by atomic mass is 10.1. The highest BCUT2D eigenvalue weighted by molar-refractivity contribution is 7.98. The molecule has 1 amide bonds. The quantitative estimate of drug-likeness (QED) is 0.777. The zero-order valence-corrected chi connectivity index (χ0v) is 16.1. The van der Waals surface area contributed by atoms with Crippen LogP contribution in [0.25, 0.3) is 0 Å². The van der Waals surface area contributed by atoms with Crippen molar-refractivity contribution in [2.75, 3.05) is 37.8 Å². The van der Waals surface area contributed by atoms with E-state index in [4.69, 9.17) is 0 Å². The van der Waals surface area contributed by atoms with Gasteiger partial charge in [0, 0.05) is 49.7 Å². The number of carbonyl (C=O) groups excluding carboxylic acids is 1. The molecular formula is C17H24ClN5OS. The number of aromatic nitrogens is 2. The standard InChI is InChI=1S/C17H23N5OS.ClH/c1-21-9-8-19-17(21)15-11-18-7-10-22(15)12-16(23)20-13-3-5-14(24-2)6-4-13;/h3-6,8-9,15,18H,7,10-12H2,1-2H3,(H,20,23);1H. The molecule has 0 bridgehead atoms. The molecule has 0 radical (unpaired) electrons. The Balaban J connectivity index is 0.00000225. The number of benzene rings is 1. The Labute approximate surface area is 158 Å². The highest BCUT2D eigenvalue weighted by Crippen LogP contribution is 2.21. The fourth-order valence-electron chi connectivity index (χ4n) is 2.95. The van der Waals surface area contributed by atoms with Crippen molar-refractivity contribution in [3.05, 3.63) is 42.5 Å². The maximum Gasteiger partial charge on any atom is 0.238 e. The molecule has 8 heteroatoms. The van der Waals surface area contributed by atoms with Crippen molar-refractivity contribution >= 4 is 35.8 Å². The van der Waals surface area contributed by atoms with E-state index in [1.165, 1.54) is 4.90 Å². The third kappa shape index (κ3) is 4.98. The van der Waals surface area contributed by atoms with Crippen LogP contribution in [0, 0.1) is 0 Å². The van der Waals surface area contributed by atoms with Crippen molar-refractivity contribution in [3.63, 3.8) is 0 Å². The molecule has 2 aromatic rings. The summed E-state index contributed by atoms with van der Waals surface area (Å²) < 4.78 is 2.02. The summed E-state index contributed by atoms with van der Waals surface area (Å²) in [5.74, 6) is 0.993. The van der Waals surface area contributed by atoms with Gasteiger partial charge in [0.05, 0.1) is 12.6 Å². The second-order valence-electron chi connectivity index (χ2n) is 5.86. The summed E-state index contributed by atoms with van der Waals surface area (Å²) in [7, 11) is 1.99. The zero-order valence-electron chi connectivity index (χ0n) is 14.4. The fraction of sp³-hybridized carbons (Fsp3) is 0.412. The second-order valence-corrected chi connectivity index (χ2v) is 6.74. The van der Waals surface area contributed by atoms with Gasteiger partial charge in [-0.3, -0.25) is 9.69 Å². The van der Waals surface area contributed by atoms with E-state index in [1.54, 1.807) is 18.0 Å². The minimum atomic E-state index is 0. The number of anilines is 1. The molecule has 1 aromatic heterocycles. The van der Waals surface area contributed by atoms with E-state index in [1.807, 2.05) is 48.3 Å². The van der Waals surface area contributed by atoms with Gasteiger partial charge in [0.15, 0.2) is 0 Å². The van der Waals surface area contributed by atoms with E-state index in [0.717, 1.165) is 31.1 Å². The van der Waals surface area contributed by atoms with Crippen molar-refractivity contribution in [2.45, 2.75) is 10.9 Å². The summed E-state index contributed by atoms with van der Waals surface area (Å²) in [6.45, 7) is 2.89. The number of nitrogens with zero attached hydrogens (tertiary/aromatic N) is 3. The van der Waals surface area contributed by atoms with E-state index >= 15 is 0 Å². The Hall–Kier alpha value is -1.54. The number of imidazole rings is 1. The summed E-state index contributed by atoms with van der Waals surface area (Å²) >= 11 is 1.69. The highest BCUT2D eigenvalue weighted by Gasteiger charge is 2.28. The van der Waals surface area contributed by atoms with Gasteiger partial charge in [0.2, 0.25) is 5.91 Å². The molecule has 1 aliphatic heterocycles. The lowest BCUT2D eigenvalue weighted by Gasteiger charge is -2.35. The van der Waals surface area contributed by atoms with Crippen LogP contribution in [0.1, 0.15) is 11.9 Å². The molecule has 3 rings (SSSR count). The first-order valence-corrected chi connectivity index (χ1v) is 9.26. The Morgan fingerprint density at radius 2 is 2.16 bits per heavy atom. The summed E-state index contributed by atoms with van der Waals surface area (Å²) in [6.07, 6.45) is 5.78. The maximum absolute atomic E-state index is 12.4. The molecule has 1 aromatic carbocycles. The molecule has 0 aliphatic carbocycles. The second kappa shape index (κ2) is 9.24. The van der Waals surface area contributed by atoms with Gasteiger partial charge in [-0.15, -0.1) is 24.2 Å². The molecular weight excluding hydrogens is 358 g/mol. The predicted octanol–water partition coefficient (Wildman–Crippen LogP) is 2.15. The van der Waals surface area contributed by atoms with Crippen LogP contribution < -0.4 is 10.6 Å². The number of amides is 1. The molecule has 2 N–H and O–H groups in total. The predicted molar refractivity (Wildman–Crippen MR) is 104 cm³/mol. The maximum atomic E-state index is 12.4. The average molecular weight is 382 g/mol. The number of halogens is 1. The lowest BCUT2D eigenvalue weighted by molar-refractivity contribution is -0.118. The number of carbonyl (C=O) groups is 1. The summed E-state index contributed by atoms with van der Waals surface area (Å²) in [5.41, 5.74) is 0.835. The van der Waals surface area contributed by atoms with E-state index in [9.17, 15) is 4.79 Å². The van der Waals surface area contributed by atoms with Gasteiger partial charge in [-0.1, -0.05) is 0 Å². The van der Waals surface area contributed by atoms with Crippen molar-refractivity contribution in [3.8, 4) is 0 Å².